The summed E-state index contributed by atoms with van der Waals surface area (Å²) in [6.07, 6.45) is 2.59. The predicted molar refractivity (Wildman–Crippen MR) is 103 cm³/mol. The summed E-state index contributed by atoms with van der Waals surface area (Å²) in [7, 11) is 15.4. The first-order valence-electron chi connectivity index (χ1n) is 8.54. The van der Waals surface area contributed by atoms with Crippen LogP contribution in [-0.4, -0.2) is 91.0 Å². The van der Waals surface area contributed by atoms with Crippen LogP contribution in [0.15, 0.2) is 0 Å². The molecule has 1 aliphatic rings. The minimum atomic E-state index is -2.69. The summed E-state index contributed by atoms with van der Waals surface area (Å²) >= 11 is 0. The second-order valence-corrected chi connectivity index (χ2v) is 13.3. The third-order valence-corrected chi connectivity index (χ3v) is 12.8. The molecule has 0 N–H and O–H groups in total. The summed E-state index contributed by atoms with van der Waals surface area (Å²) in [6.45, 7) is 7.04. The van der Waals surface area contributed by atoms with Gasteiger partial charge in [0.1, 0.15) is 0 Å². The Kier molecular flexibility index (Phi) is 6.38. The molecule has 0 aromatic carbocycles. The fraction of sp³-hybridized carbons (Fsp3) is 1.00. The normalized spacial score (nSPS) is 32.7. The maximum atomic E-state index is 2.66. The van der Waals surface area contributed by atoms with Crippen LogP contribution in [0.25, 0.3) is 0 Å². The lowest BCUT2D eigenvalue weighted by atomic mass is 9.93. The first-order valence-corrected chi connectivity index (χ1v) is 10.5. The molecule has 1 saturated heterocycles. The van der Waals surface area contributed by atoms with Gasteiger partial charge in [-0.2, -0.15) is 0 Å². The number of nitrogens with zero attached hydrogens (tertiary/aromatic N) is 5. The highest BCUT2D eigenvalue weighted by Crippen LogP contribution is 2.77. The van der Waals surface area contributed by atoms with Crippen LogP contribution in [0.5, 0.6) is 0 Å². The molecule has 6 heteroatoms. The molecular formula is C16H41N5S. The number of rotatable bonds is 4. The molecular weight excluding hydrogens is 294 g/mol. The van der Waals surface area contributed by atoms with Crippen molar-refractivity contribution in [2.45, 2.75) is 26.7 Å². The first kappa shape index (κ1) is 20.2. The molecule has 0 bridgehead atoms. The van der Waals surface area contributed by atoms with Gasteiger partial charge in [-0.25, -0.2) is 21.5 Å². The van der Waals surface area contributed by atoms with Crippen LogP contribution in [0.1, 0.15) is 26.7 Å². The summed E-state index contributed by atoms with van der Waals surface area (Å²) < 4.78 is 12.7. The third kappa shape index (κ3) is 2.52. The Balaban J connectivity index is 3.59. The molecule has 1 aliphatic heterocycles. The molecule has 0 aliphatic carbocycles. The van der Waals surface area contributed by atoms with E-state index in [1.165, 1.54) is 12.8 Å². The van der Waals surface area contributed by atoms with Gasteiger partial charge in [0, 0.05) is 13.1 Å². The highest BCUT2D eigenvalue weighted by molar-refractivity contribution is 8.40. The second-order valence-electron chi connectivity index (χ2n) is 7.73. The molecule has 0 radical (unpaired) electrons. The van der Waals surface area contributed by atoms with E-state index in [0.29, 0.717) is 0 Å². The SMILES string of the molecule is CCC1CC(C)CN(C)[SH](N(C)C)(N(C)C)(N(C)C)N(C)C1. The molecule has 1 fully saturated rings. The minimum Gasteiger partial charge on any atom is -0.249 e. The van der Waals surface area contributed by atoms with E-state index in [9.17, 15) is 0 Å². The van der Waals surface area contributed by atoms with Gasteiger partial charge in [-0.3, -0.25) is 0 Å². The van der Waals surface area contributed by atoms with Crippen LogP contribution in [0.2, 0.25) is 0 Å². The molecule has 136 valence electrons. The van der Waals surface area contributed by atoms with E-state index < -0.39 is 10.1 Å². The lowest BCUT2D eigenvalue weighted by molar-refractivity contribution is 0.208. The smallest absolute Gasteiger partial charge is 0.0126 e. The molecule has 2 atom stereocenters. The number of hydrogen-bond donors (Lipinski definition) is 1. The van der Waals surface area contributed by atoms with Gasteiger partial charge in [-0.15, -0.1) is 0 Å². The Morgan fingerprint density at radius 1 is 0.864 bits per heavy atom. The first-order chi connectivity index (χ1) is 10.1. The van der Waals surface area contributed by atoms with Gasteiger partial charge in [-0.1, -0.05) is 30.4 Å². The zero-order chi connectivity index (χ0) is 17.3. The fourth-order valence-electron chi connectivity index (χ4n) is 5.30. The largest absolute Gasteiger partial charge is 0.249 e. The Morgan fingerprint density at radius 2 is 1.27 bits per heavy atom. The van der Waals surface area contributed by atoms with Crippen molar-refractivity contribution in [1.82, 2.24) is 21.5 Å². The lowest BCUT2D eigenvalue weighted by Crippen LogP contribution is -2.68. The lowest BCUT2D eigenvalue weighted by Gasteiger charge is -2.82. The van der Waals surface area contributed by atoms with Gasteiger partial charge in [-0.05, 0) is 74.6 Å². The molecule has 0 aromatic rings. The van der Waals surface area contributed by atoms with Crippen LogP contribution in [0.4, 0.5) is 0 Å². The molecule has 0 saturated carbocycles. The van der Waals surface area contributed by atoms with Gasteiger partial charge in [0.15, 0.2) is 0 Å². The third-order valence-electron chi connectivity index (χ3n) is 5.78. The highest BCUT2D eigenvalue weighted by Gasteiger charge is 2.54. The van der Waals surface area contributed by atoms with E-state index in [0.717, 1.165) is 24.9 Å². The van der Waals surface area contributed by atoms with Crippen LogP contribution in [0.3, 0.4) is 0 Å². The second kappa shape index (κ2) is 6.95. The van der Waals surface area contributed by atoms with E-state index in [4.69, 9.17) is 0 Å². The Labute approximate surface area is 140 Å². The Bertz CT molecular complexity index is 347. The van der Waals surface area contributed by atoms with Crippen molar-refractivity contribution in [3.05, 3.63) is 0 Å². The molecule has 2 unspecified atom stereocenters. The van der Waals surface area contributed by atoms with Gasteiger partial charge in [0.2, 0.25) is 0 Å². The predicted octanol–water partition coefficient (Wildman–Crippen LogP) is 2.25. The van der Waals surface area contributed by atoms with Crippen LogP contribution in [-0.2, 0) is 0 Å². The monoisotopic (exact) mass is 335 g/mol. The van der Waals surface area contributed by atoms with E-state index in [1.54, 1.807) is 0 Å². The van der Waals surface area contributed by atoms with E-state index in [-0.39, 0.29) is 0 Å². The molecule has 0 amide bonds. The average Bonchev–Trinajstić information content (AvgIpc) is 2.36. The molecule has 1 heterocycles. The quantitative estimate of drug-likeness (QED) is 0.791. The van der Waals surface area contributed by atoms with Gasteiger partial charge in [0.05, 0.1) is 0 Å². The van der Waals surface area contributed by atoms with Crippen molar-refractivity contribution in [2.75, 3.05) is 69.5 Å². The van der Waals surface area contributed by atoms with Gasteiger partial charge < -0.3 is 0 Å². The minimum absolute atomic E-state index is 0.727. The molecule has 22 heavy (non-hydrogen) atoms. The molecule has 5 nitrogen and oxygen atoms in total. The summed E-state index contributed by atoms with van der Waals surface area (Å²) in [5.41, 5.74) is 0. The van der Waals surface area contributed by atoms with Crippen molar-refractivity contribution in [3.8, 4) is 0 Å². The van der Waals surface area contributed by atoms with E-state index >= 15 is 0 Å². The summed E-state index contributed by atoms with van der Waals surface area (Å²) in [4.78, 5) is 0. The van der Waals surface area contributed by atoms with Crippen molar-refractivity contribution in [3.63, 3.8) is 0 Å². The average molecular weight is 336 g/mol. The standard InChI is InChI=1S/C16H41N5S/c1-11-16-12-15(2)13-20(9)22(17(3)4,18(5)6,19(7)8)21(10)14-16/h15-16,22H,11-14H2,1-10H3. The zero-order valence-corrected chi connectivity index (χ0v) is 17.6. The van der Waals surface area contributed by atoms with Crippen LogP contribution < -0.4 is 0 Å². The van der Waals surface area contributed by atoms with Crippen molar-refractivity contribution in [1.29, 1.82) is 0 Å². The maximum Gasteiger partial charge on any atom is 0.0126 e. The van der Waals surface area contributed by atoms with Crippen LogP contribution >= 0.6 is 10.1 Å². The Morgan fingerprint density at radius 3 is 1.64 bits per heavy atom. The van der Waals surface area contributed by atoms with Crippen molar-refractivity contribution < 1.29 is 0 Å². The van der Waals surface area contributed by atoms with E-state index in [2.05, 4.69) is 91.8 Å². The van der Waals surface area contributed by atoms with E-state index in [1.807, 2.05) is 0 Å². The zero-order valence-electron chi connectivity index (χ0n) is 16.7. The summed E-state index contributed by atoms with van der Waals surface area (Å²) in [5, 5.41) is 0. The molecule has 1 rings (SSSR count). The maximum absolute atomic E-state index is 2.69. The fourth-order valence-corrected chi connectivity index (χ4v) is 12.7. The number of thiol groups is 1. The summed E-state index contributed by atoms with van der Waals surface area (Å²) in [5.74, 6) is 1.50. The van der Waals surface area contributed by atoms with Crippen molar-refractivity contribution in [2.24, 2.45) is 11.8 Å². The molecule has 0 spiro atoms. The summed E-state index contributed by atoms with van der Waals surface area (Å²) in [6, 6.07) is 0. The highest BCUT2D eigenvalue weighted by atomic mass is 32.3. The van der Waals surface area contributed by atoms with Crippen LogP contribution in [0, 0.1) is 11.8 Å². The van der Waals surface area contributed by atoms with Gasteiger partial charge >= 0.3 is 0 Å². The Hall–Kier alpha value is 0.150. The molecule has 0 aromatic heterocycles. The number of hydrogen-bond acceptors (Lipinski definition) is 5. The van der Waals surface area contributed by atoms with Crippen molar-refractivity contribution >= 4 is 10.1 Å². The topological polar surface area (TPSA) is 16.2 Å². The van der Waals surface area contributed by atoms with Gasteiger partial charge in [0.25, 0.3) is 0 Å².